The summed E-state index contributed by atoms with van der Waals surface area (Å²) in [6.45, 7) is 3.58. The van der Waals surface area contributed by atoms with Crippen LogP contribution in [0.1, 0.15) is 20.8 Å². The van der Waals surface area contributed by atoms with Crippen molar-refractivity contribution >= 4 is 26.1 Å². The molecule has 0 saturated heterocycles. The van der Waals surface area contributed by atoms with Gasteiger partial charge in [-0.05, 0) is 38.7 Å². The number of rotatable bonds is 13. The van der Waals surface area contributed by atoms with E-state index in [1.807, 2.05) is 0 Å². The zero-order valence-corrected chi connectivity index (χ0v) is 22.0. The number of ether oxygens (including phenoxy) is 3. The fourth-order valence-electron chi connectivity index (χ4n) is 1.32. The van der Waals surface area contributed by atoms with E-state index in [1.54, 1.807) is 27.9 Å². The van der Waals surface area contributed by atoms with Crippen molar-refractivity contribution < 1.29 is 73.6 Å². The van der Waals surface area contributed by atoms with Gasteiger partial charge >= 0.3 is 14.3 Å². The van der Waals surface area contributed by atoms with E-state index in [1.165, 1.54) is 6.61 Å². The molecule has 3 N–H and O–H groups in total. The first kappa shape index (κ1) is 29.6. The maximum Gasteiger partial charge on any atom is 0.348 e. The van der Waals surface area contributed by atoms with Crippen LogP contribution >= 0.6 is 14.3 Å². The Kier molecular flexibility index (Phi) is 16.3. The van der Waals surface area contributed by atoms with Gasteiger partial charge < -0.3 is 37.9 Å². The van der Waals surface area contributed by atoms with E-state index in [0.717, 1.165) is 6.08 Å². The second kappa shape index (κ2) is 14.4. The molecule has 0 saturated carbocycles. The van der Waals surface area contributed by atoms with Crippen molar-refractivity contribution in [2.24, 2.45) is 0 Å². The van der Waals surface area contributed by atoms with Gasteiger partial charge in [0.15, 0.2) is 0 Å². The molecule has 0 aromatic carbocycles. The molecule has 0 rings (SSSR count). The summed E-state index contributed by atoms with van der Waals surface area (Å²) in [5, 5.41) is 0. The molecular weight excluding hydrogens is 632 g/mol. The summed E-state index contributed by atoms with van der Waals surface area (Å²) >= 11 is 4.89. The molecule has 0 aromatic heterocycles. The largest absolute Gasteiger partial charge is 0.543 e. The normalized spacial score (nSPS) is 16.3. The van der Waals surface area contributed by atoms with Gasteiger partial charge in [-0.3, -0.25) is 4.57 Å². The Morgan fingerprint density at radius 1 is 1.23 bits per heavy atom. The molecule has 0 amide bonds. The van der Waals surface area contributed by atoms with Crippen LogP contribution in [-0.2, 0) is 39.6 Å². The first-order valence-corrected chi connectivity index (χ1v) is 11.6. The molecule has 0 aliphatic heterocycles. The maximum absolute atomic E-state index is 10.9. The summed E-state index contributed by atoms with van der Waals surface area (Å²) < 4.78 is 36.7. The summed E-state index contributed by atoms with van der Waals surface area (Å²) in [7, 11) is -2.82. The maximum atomic E-state index is 10.9. The minimum Gasteiger partial charge on any atom is -0.543 e. The molecule has 13 heteroatoms. The number of methoxy groups -OCH3 is 1. The smallest absolute Gasteiger partial charge is 0.348 e. The van der Waals surface area contributed by atoms with Gasteiger partial charge in [0.05, 0.1) is 31.5 Å². The first-order valence-electron chi connectivity index (χ1n) is 7.31. The van der Waals surface area contributed by atoms with Crippen molar-refractivity contribution in [3.63, 3.8) is 0 Å². The molecule has 0 radical (unpaired) electrons. The van der Waals surface area contributed by atoms with Crippen molar-refractivity contribution in [2.45, 2.75) is 32.5 Å². The minimum absolute atomic E-state index is 0. The molecule has 0 spiro atoms. The summed E-state index contributed by atoms with van der Waals surface area (Å²) in [5.74, 6) is 0.687. The third-order valence-electron chi connectivity index (χ3n) is 2.17. The zero-order chi connectivity index (χ0) is 19.6. The van der Waals surface area contributed by atoms with Crippen molar-refractivity contribution in [1.82, 2.24) is 0 Å². The molecule has 9 nitrogen and oxygen atoms in total. The summed E-state index contributed by atoms with van der Waals surface area (Å²) in [6, 6.07) is 0. The summed E-state index contributed by atoms with van der Waals surface area (Å²) in [5.41, 5.74) is -0.705. The molecule has 0 aromatic rings. The van der Waals surface area contributed by atoms with Crippen LogP contribution in [-0.4, -0.2) is 59.9 Å². The van der Waals surface area contributed by atoms with Crippen LogP contribution in [0.25, 0.3) is 0 Å². The topological polar surface area (TPSA) is 124 Å². The van der Waals surface area contributed by atoms with E-state index in [4.69, 9.17) is 44.9 Å². The average molecular weight is 659 g/mol. The molecule has 154 valence electrons. The molecule has 26 heavy (non-hydrogen) atoms. The van der Waals surface area contributed by atoms with E-state index in [-0.39, 0.29) is 44.3 Å². The predicted molar refractivity (Wildman–Crippen MR) is 96.3 cm³/mol. The number of hydrogen-bond donors (Lipinski definition) is 3. The van der Waals surface area contributed by atoms with Crippen molar-refractivity contribution in [1.29, 1.82) is 0 Å². The Morgan fingerprint density at radius 2 is 1.85 bits per heavy atom. The summed E-state index contributed by atoms with van der Waals surface area (Å²) in [4.78, 5) is 27.8. The van der Waals surface area contributed by atoms with Gasteiger partial charge in [0.2, 0.25) is 0 Å². The van der Waals surface area contributed by atoms with Gasteiger partial charge in [0.1, 0.15) is 0 Å². The first-order chi connectivity index (χ1) is 11.3. The standard InChI is InChI=1S/C13H27O9P2S.U/c1-13(2,3)22-24(17,25)21-11-12(5-10-23(14,15)16)20-9-8-19-7-6-18-4;/h5,9-10,12H,6-8,11H2,1-4H3,(H,17,25)(H2,14,15,16);/q-1;/b10-5+;. The van der Waals surface area contributed by atoms with Crippen molar-refractivity contribution in [2.75, 3.05) is 33.5 Å². The third kappa shape index (κ3) is 20.1. The molecule has 2 unspecified atom stereocenters. The Bertz CT molecular complexity index is 492. The van der Waals surface area contributed by atoms with E-state index in [0.29, 0.717) is 19.0 Å². The van der Waals surface area contributed by atoms with Gasteiger partial charge in [-0.2, -0.15) is 6.61 Å². The van der Waals surface area contributed by atoms with E-state index >= 15 is 0 Å². The van der Waals surface area contributed by atoms with Gasteiger partial charge in [-0.25, -0.2) is 0 Å². The van der Waals surface area contributed by atoms with Gasteiger partial charge in [0, 0.05) is 44.0 Å². The molecule has 0 bridgehead atoms. The van der Waals surface area contributed by atoms with Crippen LogP contribution in [0.5, 0.6) is 0 Å². The van der Waals surface area contributed by atoms with Crippen LogP contribution in [0.2, 0.25) is 0 Å². The molecule has 0 fully saturated rings. The zero-order valence-electron chi connectivity index (χ0n) is 15.2. The second-order valence-electron chi connectivity index (χ2n) is 5.81. The predicted octanol–water partition coefficient (Wildman–Crippen LogP) is 1.94. The quantitative estimate of drug-likeness (QED) is 0.154. The molecule has 0 aliphatic rings. The minimum atomic E-state index is -4.36. The Morgan fingerprint density at radius 3 is 2.35 bits per heavy atom. The second-order valence-corrected chi connectivity index (χ2v) is 10.0. The van der Waals surface area contributed by atoms with Crippen LogP contribution < -0.4 is 0 Å². The molecule has 0 heterocycles. The molecule has 2 atom stereocenters. The Balaban J connectivity index is 0. The van der Waals surface area contributed by atoms with Crippen LogP contribution in [0.4, 0.5) is 0 Å². The Labute approximate surface area is 183 Å². The van der Waals surface area contributed by atoms with Gasteiger partial charge in [-0.1, -0.05) is 6.61 Å². The Hall–Kier alpha value is 1.35. The van der Waals surface area contributed by atoms with Gasteiger partial charge in [0.25, 0.3) is 0 Å². The van der Waals surface area contributed by atoms with E-state index in [2.05, 4.69) is 0 Å². The van der Waals surface area contributed by atoms with Crippen molar-refractivity contribution in [3.8, 4) is 0 Å². The van der Waals surface area contributed by atoms with Crippen LogP contribution in [0.3, 0.4) is 0 Å². The fraction of sp³-hybridized carbons (Fsp3) is 0.769. The third-order valence-corrected chi connectivity index (χ3v) is 4.53. The number of hydrogen-bond acceptors (Lipinski definition) is 7. The monoisotopic (exact) mass is 659 g/mol. The van der Waals surface area contributed by atoms with Crippen LogP contribution in [0.15, 0.2) is 11.9 Å². The average Bonchev–Trinajstić information content (AvgIpc) is 2.41. The van der Waals surface area contributed by atoms with E-state index < -0.39 is 26.0 Å². The SMILES string of the molecule is COCCOC[CH-]OC(/C=C/P(=O)(O)O)COP(O)(=S)OC(C)(C)C.[U]. The molecule has 0 aliphatic carbocycles. The summed E-state index contributed by atoms with van der Waals surface area (Å²) in [6.07, 6.45) is 0.232. The van der Waals surface area contributed by atoms with E-state index in [9.17, 15) is 9.46 Å². The van der Waals surface area contributed by atoms with Gasteiger partial charge in [-0.15, -0.1) is 0 Å². The van der Waals surface area contributed by atoms with Crippen LogP contribution in [0, 0.1) is 37.7 Å². The molecular formula is C13H27O9P2SU-. The fourth-order valence-corrected chi connectivity index (χ4v) is 3.67. The van der Waals surface area contributed by atoms with Crippen molar-refractivity contribution in [3.05, 3.63) is 18.5 Å².